The number of thioether (sulfide) groups is 1. The van der Waals surface area contributed by atoms with Gasteiger partial charge in [0.05, 0.1) is 24.7 Å². The van der Waals surface area contributed by atoms with E-state index in [1.807, 2.05) is 0 Å². The molecular weight excluding hydrogens is 784 g/mol. The number of phenolic OH excluding ortho intramolecular Hbond substituents is 2. The Balaban J connectivity index is 1.10. The van der Waals surface area contributed by atoms with Crippen molar-refractivity contribution in [3.8, 4) is 11.5 Å². The molecule has 55 heavy (non-hydrogen) atoms. The molecule has 7 rings (SSSR count). The van der Waals surface area contributed by atoms with Gasteiger partial charge in [0.1, 0.15) is 29.4 Å². The molecule has 6 heterocycles. The van der Waals surface area contributed by atoms with E-state index in [4.69, 9.17) is 22.2 Å². The minimum absolute atomic E-state index is 0.000202. The van der Waals surface area contributed by atoms with Crippen LogP contribution in [-0.4, -0.2) is 126 Å². The minimum Gasteiger partial charge on any atom is -0.504 e. The number of amides is 3. The van der Waals surface area contributed by atoms with Crippen molar-refractivity contribution in [1.82, 2.24) is 20.5 Å². The van der Waals surface area contributed by atoms with Gasteiger partial charge in [-0.15, -0.1) is 28.0 Å². The number of carboxylic acids is 2. The molecule has 0 radical (unpaired) electrons. The maximum Gasteiger partial charge on any atom is 0.352 e. The molecule has 4 fully saturated rings. The molecule has 4 saturated heterocycles. The number of halogens is 1. The quantitative estimate of drug-likeness (QED) is 0.0357. The number of carboxylic acid groups (broad SMARTS) is 2. The Kier molecular flexibility index (Phi) is 10.8. The number of aromatic hydroxyl groups is 2. The van der Waals surface area contributed by atoms with Gasteiger partial charge in [0.25, 0.3) is 17.7 Å². The van der Waals surface area contributed by atoms with Crippen molar-refractivity contribution in [3.63, 3.8) is 0 Å². The van der Waals surface area contributed by atoms with Crippen LogP contribution in [0.15, 0.2) is 39.1 Å². The predicted octanol–water partition coefficient (Wildman–Crippen LogP) is 1.74. The number of hydrogen-bond donors (Lipinski definition) is 7. The standard InChI is InChI=1S/C33H37ClN8O11S2/c1-32(2,30(50)51)53-40-21(17-13-55-31(35)37-17)26(46)38-22-27(47)41-23(29(48)49)15(12-54-28(22)41)11-42-8-5-33(6-9-42,7-10-42)14-36-25(45)20(39-52)16-3-4-18(43)24(44)19(16)34/h3-4,13,20,22,28H,5-12,14H2,1-2H3,(H7-,35,36,37,38,40,43,44,45,46,48,49,50,51)/p+1/t20?,22-,28-,33?,42?/m1/s1. The summed E-state index contributed by atoms with van der Waals surface area (Å²) in [5, 5.41) is 51.9. The lowest BCUT2D eigenvalue weighted by atomic mass is 9.70. The van der Waals surface area contributed by atoms with Crippen LogP contribution in [0.1, 0.15) is 50.4 Å². The summed E-state index contributed by atoms with van der Waals surface area (Å²) in [5.74, 6) is -5.70. The van der Waals surface area contributed by atoms with Crippen LogP contribution in [0.5, 0.6) is 11.5 Å². The van der Waals surface area contributed by atoms with E-state index < -0.39 is 69.9 Å². The molecule has 0 spiro atoms. The third-order valence-electron chi connectivity index (χ3n) is 10.7. The summed E-state index contributed by atoms with van der Waals surface area (Å²) in [4.78, 5) is 86.2. The first-order valence-electron chi connectivity index (χ1n) is 17.0. The van der Waals surface area contributed by atoms with Gasteiger partial charge in [-0.05, 0) is 19.9 Å². The van der Waals surface area contributed by atoms with Gasteiger partial charge >= 0.3 is 11.9 Å². The first-order valence-corrected chi connectivity index (χ1v) is 19.3. The normalized spacial score (nSPS) is 25.4. The van der Waals surface area contributed by atoms with E-state index in [0.717, 1.165) is 17.4 Å². The number of thiazole rings is 1. The lowest BCUT2D eigenvalue weighted by Gasteiger charge is -2.56. The zero-order valence-electron chi connectivity index (χ0n) is 29.5. The number of rotatable bonds is 14. The maximum absolute atomic E-state index is 13.5. The molecule has 3 amide bonds. The number of β-lactam (4-membered cyclic amide) rings is 1. The highest BCUT2D eigenvalue weighted by Gasteiger charge is 2.56. The van der Waals surface area contributed by atoms with Gasteiger partial charge in [-0.25, -0.2) is 14.6 Å². The lowest BCUT2D eigenvalue weighted by molar-refractivity contribution is -0.941. The second-order valence-electron chi connectivity index (χ2n) is 14.5. The molecular formula is C33H38ClN8O11S2+. The number of aromatic nitrogens is 1. The number of nitrogens with zero attached hydrogens (tertiary/aromatic N) is 5. The van der Waals surface area contributed by atoms with Crippen molar-refractivity contribution in [1.29, 1.82) is 0 Å². The molecule has 19 nitrogen and oxygen atoms in total. The van der Waals surface area contributed by atoms with Crippen molar-refractivity contribution >= 4 is 75.2 Å². The highest BCUT2D eigenvalue weighted by molar-refractivity contribution is 8.00. The Hall–Kier alpha value is -4.99. The van der Waals surface area contributed by atoms with Crippen molar-refractivity contribution in [3.05, 3.63) is 50.0 Å². The molecule has 1 aromatic heterocycles. The summed E-state index contributed by atoms with van der Waals surface area (Å²) in [6, 6.07) is -0.289. The number of fused-ring (bicyclic) bond motifs is 4. The Morgan fingerprint density at radius 1 is 1.18 bits per heavy atom. The summed E-state index contributed by atoms with van der Waals surface area (Å²) in [5.41, 5.74) is 3.69. The number of hydrogen-bond acceptors (Lipinski definition) is 15. The predicted molar refractivity (Wildman–Crippen MR) is 198 cm³/mol. The van der Waals surface area contributed by atoms with Gasteiger partial charge in [0.15, 0.2) is 28.4 Å². The number of benzene rings is 1. The van der Waals surface area contributed by atoms with Crippen LogP contribution in [0.25, 0.3) is 0 Å². The molecule has 5 aliphatic rings. The minimum atomic E-state index is -1.80. The van der Waals surface area contributed by atoms with Crippen LogP contribution < -0.4 is 16.4 Å². The number of nitrogens with two attached hydrogens (primary N) is 1. The van der Waals surface area contributed by atoms with Crippen LogP contribution in [-0.2, 0) is 28.8 Å². The average Bonchev–Trinajstić information content (AvgIpc) is 3.59. The molecule has 3 atom stereocenters. The summed E-state index contributed by atoms with van der Waals surface area (Å²) in [6.07, 6.45) is 2.12. The lowest BCUT2D eigenvalue weighted by Crippen LogP contribution is -2.71. The van der Waals surface area contributed by atoms with Gasteiger partial charge in [-0.2, -0.15) is 0 Å². The fraction of sp³-hybridized carbons (Fsp3) is 0.485. The third-order valence-corrected chi connectivity index (χ3v) is 13.1. The van der Waals surface area contributed by atoms with E-state index in [-0.39, 0.29) is 39.1 Å². The average molecular weight is 822 g/mol. The van der Waals surface area contributed by atoms with Crippen molar-refractivity contribution in [2.45, 2.75) is 56.2 Å². The Labute approximate surface area is 326 Å². The van der Waals surface area contributed by atoms with Crippen LogP contribution in [0.2, 0.25) is 5.02 Å². The number of aliphatic carboxylic acids is 2. The van der Waals surface area contributed by atoms with E-state index in [1.54, 1.807) is 0 Å². The zero-order valence-corrected chi connectivity index (χ0v) is 31.9. The van der Waals surface area contributed by atoms with E-state index in [1.165, 1.54) is 42.0 Å². The first kappa shape index (κ1) is 39.7. The molecule has 2 aromatic rings. The van der Waals surface area contributed by atoms with Gasteiger partial charge in [-0.1, -0.05) is 28.0 Å². The van der Waals surface area contributed by atoms with Crippen molar-refractivity contribution in [2.24, 2.45) is 15.7 Å². The molecule has 22 heteroatoms. The molecule has 2 bridgehead atoms. The molecule has 294 valence electrons. The molecule has 1 unspecified atom stereocenters. The first-order chi connectivity index (χ1) is 25.9. The summed E-state index contributed by atoms with van der Waals surface area (Å²) in [7, 11) is 0. The number of nitrogen functional groups attached to an aromatic ring is 1. The van der Waals surface area contributed by atoms with Crippen LogP contribution in [0.4, 0.5) is 5.13 Å². The van der Waals surface area contributed by atoms with Gasteiger partial charge in [-0.3, -0.25) is 19.3 Å². The molecule has 8 N–H and O–H groups in total. The van der Waals surface area contributed by atoms with E-state index in [0.29, 0.717) is 61.3 Å². The number of oxime groups is 1. The maximum atomic E-state index is 13.5. The largest absolute Gasteiger partial charge is 0.504 e. The van der Waals surface area contributed by atoms with E-state index in [9.17, 15) is 49.3 Å². The molecule has 0 saturated carbocycles. The number of nitrogens with one attached hydrogen (secondary N) is 2. The Morgan fingerprint density at radius 3 is 2.44 bits per heavy atom. The van der Waals surface area contributed by atoms with Gasteiger partial charge < -0.3 is 46.1 Å². The number of piperidine rings is 3. The van der Waals surface area contributed by atoms with Crippen molar-refractivity contribution < 1.29 is 53.7 Å². The van der Waals surface area contributed by atoms with Crippen molar-refractivity contribution in [2.75, 3.05) is 44.2 Å². The number of quaternary nitrogens is 1. The van der Waals surface area contributed by atoms with E-state index in [2.05, 4.69) is 26.0 Å². The SMILES string of the molecule is CC(C)(ON=C(C(=O)N[C@@H]1C(=O)N2C(C(=O)O)=C(C[N+]34CCC(CNC(=O)C(N=O)c5ccc(O)c(O)c5Cl)(CC3)CC4)CS[C@H]12)c1csc(N)n1)C(=O)O. The summed E-state index contributed by atoms with van der Waals surface area (Å²) >= 11 is 8.39. The second-order valence-corrected chi connectivity index (χ2v) is 16.9. The summed E-state index contributed by atoms with van der Waals surface area (Å²) < 4.78 is 0.597. The third kappa shape index (κ3) is 7.52. The number of carbonyl (C=O) groups excluding carboxylic acids is 3. The number of phenols is 2. The Morgan fingerprint density at radius 2 is 1.85 bits per heavy atom. The summed E-state index contributed by atoms with van der Waals surface area (Å²) in [6.45, 7) is 5.18. The van der Waals surface area contributed by atoms with Crippen LogP contribution >= 0.6 is 34.7 Å². The fourth-order valence-electron chi connectivity index (χ4n) is 7.25. The highest BCUT2D eigenvalue weighted by Crippen LogP contribution is 2.47. The number of anilines is 1. The molecule has 1 aromatic carbocycles. The highest BCUT2D eigenvalue weighted by atomic mass is 35.5. The monoisotopic (exact) mass is 821 g/mol. The van der Waals surface area contributed by atoms with E-state index >= 15 is 0 Å². The van der Waals surface area contributed by atoms with Crippen LogP contribution in [0.3, 0.4) is 0 Å². The topological polar surface area (TPSA) is 284 Å². The zero-order chi connectivity index (χ0) is 40.0. The van der Waals surface area contributed by atoms with Gasteiger partial charge in [0.2, 0.25) is 5.60 Å². The number of carbonyl (C=O) groups is 5. The fourth-order valence-corrected chi connectivity index (χ4v) is 9.40. The Bertz CT molecular complexity index is 2010. The second kappa shape index (κ2) is 14.9. The van der Waals surface area contributed by atoms with Crippen LogP contribution in [0, 0.1) is 10.3 Å². The molecule has 0 aliphatic carbocycles. The smallest absolute Gasteiger partial charge is 0.352 e. The van der Waals surface area contributed by atoms with Gasteiger partial charge in [0, 0.05) is 53.5 Å². The number of nitroso groups, excluding NO2 is 1. The molecule has 5 aliphatic heterocycles.